The lowest BCUT2D eigenvalue weighted by Gasteiger charge is -2.16. The van der Waals surface area contributed by atoms with Gasteiger partial charge in [-0.3, -0.25) is 0 Å². The number of thiophene rings is 1. The first kappa shape index (κ1) is 15.3. The second-order valence-electron chi connectivity index (χ2n) is 4.01. The molecule has 1 atom stereocenters. The van der Waals surface area contributed by atoms with Crippen LogP contribution in [-0.2, 0) is 0 Å². The number of alkyl halides is 3. The monoisotopic (exact) mass is 281 g/mol. The molecule has 1 aromatic rings. The molecule has 1 N–H and O–H groups in total. The number of halogens is 3. The molecular weight excluding hydrogens is 263 g/mol. The first-order valence-electron chi connectivity index (χ1n) is 5.88. The molecule has 1 rings (SSSR count). The van der Waals surface area contributed by atoms with Gasteiger partial charge in [-0.25, -0.2) is 0 Å². The average molecular weight is 281 g/mol. The predicted molar refractivity (Wildman–Crippen MR) is 67.2 cm³/mol. The summed E-state index contributed by atoms with van der Waals surface area (Å²) in [4.78, 5) is 1.02. The van der Waals surface area contributed by atoms with Gasteiger partial charge in [0.15, 0.2) is 0 Å². The maximum absolute atomic E-state index is 12.1. The molecule has 0 aliphatic carbocycles. The van der Waals surface area contributed by atoms with Gasteiger partial charge in [-0.2, -0.15) is 13.2 Å². The SMILES string of the molecule is CCNC(CCCC(F)(F)F)c1cc(OC)cs1. The number of rotatable bonds is 7. The molecule has 1 aromatic heterocycles. The van der Waals surface area contributed by atoms with Gasteiger partial charge in [0.1, 0.15) is 5.75 Å². The largest absolute Gasteiger partial charge is 0.496 e. The van der Waals surface area contributed by atoms with Crippen LogP contribution in [-0.4, -0.2) is 19.8 Å². The van der Waals surface area contributed by atoms with Crippen molar-refractivity contribution in [3.63, 3.8) is 0 Å². The topological polar surface area (TPSA) is 21.3 Å². The number of hydrogen-bond acceptors (Lipinski definition) is 3. The van der Waals surface area contributed by atoms with E-state index in [1.165, 1.54) is 11.3 Å². The molecule has 0 amide bonds. The van der Waals surface area contributed by atoms with Crippen molar-refractivity contribution in [2.45, 2.75) is 38.4 Å². The molecule has 1 heterocycles. The Morgan fingerprint density at radius 2 is 2.17 bits per heavy atom. The van der Waals surface area contributed by atoms with Gasteiger partial charge in [0.25, 0.3) is 0 Å². The minimum absolute atomic E-state index is 0.0220. The van der Waals surface area contributed by atoms with Crippen LogP contribution in [0.2, 0.25) is 0 Å². The summed E-state index contributed by atoms with van der Waals surface area (Å²) in [6.07, 6.45) is -4.17. The fraction of sp³-hybridized carbons (Fsp3) is 0.667. The molecule has 18 heavy (non-hydrogen) atoms. The number of ether oxygens (including phenoxy) is 1. The van der Waals surface area contributed by atoms with Crippen LogP contribution >= 0.6 is 11.3 Å². The van der Waals surface area contributed by atoms with Crippen LogP contribution in [0.4, 0.5) is 13.2 Å². The fourth-order valence-electron chi connectivity index (χ4n) is 1.72. The standard InChI is InChI=1S/C12H18F3NOS/c1-3-16-10(5-4-6-12(13,14)15)11-7-9(17-2)8-18-11/h7-8,10,16H,3-6H2,1-2H3. The van der Waals surface area contributed by atoms with Gasteiger partial charge in [0, 0.05) is 22.7 Å². The highest BCUT2D eigenvalue weighted by Gasteiger charge is 2.27. The van der Waals surface area contributed by atoms with Gasteiger partial charge in [0.05, 0.1) is 7.11 Å². The summed E-state index contributed by atoms with van der Waals surface area (Å²) >= 11 is 1.51. The van der Waals surface area contributed by atoms with Crippen molar-refractivity contribution in [2.24, 2.45) is 0 Å². The molecule has 0 saturated carbocycles. The zero-order chi connectivity index (χ0) is 13.6. The summed E-state index contributed by atoms with van der Waals surface area (Å²) in [5.41, 5.74) is 0. The van der Waals surface area contributed by atoms with E-state index in [1.54, 1.807) is 7.11 Å². The van der Waals surface area contributed by atoms with Gasteiger partial charge in [0.2, 0.25) is 0 Å². The Balaban J connectivity index is 2.54. The van der Waals surface area contributed by atoms with E-state index in [4.69, 9.17) is 4.74 Å². The lowest BCUT2D eigenvalue weighted by atomic mass is 10.1. The van der Waals surface area contributed by atoms with E-state index in [0.29, 0.717) is 6.42 Å². The van der Waals surface area contributed by atoms with E-state index >= 15 is 0 Å². The van der Waals surface area contributed by atoms with Crippen molar-refractivity contribution in [2.75, 3.05) is 13.7 Å². The highest BCUT2D eigenvalue weighted by Crippen LogP contribution is 2.31. The molecule has 0 aromatic carbocycles. The number of methoxy groups -OCH3 is 1. The Hall–Kier alpha value is -0.750. The molecular formula is C12H18F3NOS. The summed E-state index contributed by atoms with van der Waals surface area (Å²) in [7, 11) is 1.58. The van der Waals surface area contributed by atoms with Crippen LogP contribution in [0.25, 0.3) is 0 Å². The molecule has 2 nitrogen and oxygen atoms in total. The van der Waals surface area contributed by atoms with Crippen molar-refractivity contribution in [1.29, 1.82) is 0 Å². The Morgan fingerprint density at radius 3 is 2.67 bits per heavy atom. The lowest BCUT2D eigenvalue weighted by molar-refractivity contribution is -0.135. The predicted octanol–water partition coefficient (Wildman–Crippen LogP) is 4.14. The van der Waals surface area contributed by atoms with Crippen LogP contribution in [0.1, 0.15) is 37.1 Å². The van der Waals surface area contributed by atoms with E-state index < -0.39 is 12.6 Å². The second-order valence-corrected chi connectivity index (χ2v) is 4.95. The lowest BCUT2D eigenvalue weighted by Crippen LogP contribution is -2.20. The average Bonchev–Trinajstić information content (AvgIpc) is 2.74. The quantitative estimate of drug-likeness (QED) is 0.811. The van der Waals surface area contributed by atoms with Crippen LogP contribution in [0.15, 0.2) is 11.4 Å². The molecule has 0 saturated heterocycles. The van der Waals surface area contributed by atoms with E-state index in [9.17, 15) is 13.2 Å². The molecule has 0 bridgehead atoms. The molecule has 0 radical (unpaired) electrons. The third-order valence-electron chi connectivity index (χ3n) is 2.58. The minimum atomic E-state index is -4.07. The molecule has 104 valence electrons. The summed E-state index contributed by atoms with van der Waals surface area (Å²) < 4.78 is 41.4. The summed E-state index contributed by atoms with van der Waals surface area (Å²) in [6.45, 7) is 2.68. The molecule has 0 fully saturated rings. The van der Waals surface area contributed by atoms with Gasteiger partial charge in [-0.1, -0.05) is 6.92 Å². The zero-order valence-corrected chi connectivity index (χ0v) is 11.3. The normalized spacial score (nSPS) is 13.6. The van der Waals surface area contributed by atoms with Gasteiger partial charge < -0.3 is 10.1 Å². The fourth-order valence-corrected chi connectivity index (χ4v) is 2.69. The second kappa shape index (κ2) is 6.99. The van der Waals surface area contributed by atoms with E-state index in [0.717, 1.165) is 17.2 Å². The first-order chi connectivity index (χ1) is 8.46. The summed E-state index contributed by atoms with van der Waals surface area (Å²) in [6, 6.07) is 1.86. The van der Waals surface area contributed by atoms with Gasteiger partial charge in [-0.15, -0.1) is 11.3 Å². The smallest absolute Gasteiger partial charge is 0.389 e. The van der Waals surface area contributed by atoms with E-state index in [-0.39, 0.29) is 12.5 Å². The Labute approximate surface area is 109 Å². The maximum Gasteiger partial charge on any atom is 0.389 e. The molecule has 0 spiro atoms. The van der Waals surface area contributed by atoms with Crippen LogP contribution in [0, 0.1) is 0 Å². The Bertz CT molecular complexity index is 351. The third kappa shape index (κ3) is 5.27. The molecule has 0 aliphatic heterocycles. The van der Waals surface area contributed by atoms with Crippen LogP contribution in [0.3, 0.4) is 0 Å². The van der Waals surface area contributed by atoms with Crippen molar-refractivity contribution >= 4 is 11.3 Å². The third-order valence-corrected chi connectivity index (χ3v) is 3.60. The Kier molecular flexibility index (Phi) is 5.95. The number of nitrogens with one attached hydrogen (secondary N) is 1. The van der Waals surface area contributed by atoms with Gasteiger partial charge in [-0.05, 0) is 25.5 Å². The number of hydrogen-bond donors (Lipinski definition) is 1. The molecule has 1 unspecified atom stereocenters. The van der Waals surface area contributed by atoms with Crippen LogP contribution in [0.5, 0.6) is 5.75 Å². The zero-order valence-electron chi connectivity index (χ0n) is 10.5. The van der Waals surface area contributed by atoms with Crippen molar-refractivity contribution < 1.29 is 17.9 Å². The Morgan fingerprint density at radius 1 is 1.44 bits per heavy atom. The maximum atomic E-state index is 12.1. The van der Waals surface area contributed by atoms with Crippen molar-refractivity contribution in [3.05, 3.63) is 16.3 Å². The minimum Gasteiger partial charge on any atom is -0.496 e. The summed E-state index contributed by atoms with van der Waals surface area (Å²) in [5, 5.41) is 5.07. The molecule has 0 aliphatic rings. The van der Waals surface area contributed by atoms with Gasteiger partial charge >= 0.3 is 6.18 Å². The first-order valence-corrected chi connectivity index (χ1v) is 6.76. The summed E-state index contributed by atoms with van der Waals surface area (Å²) in [5.74, 6) is 0.758. The van der Waals surface area contributed by atoms with Crippen molar-refractivity contribution in [1.82, 2.24) is 5.32 Å². The highest BCUT2D eigenvalue weighted by atomic mass is 32.1. The molecule has 6 heteroatoms. The van der Waals surface area contributed by atoms with E-state index in [1.807, 2.05) is 18.4 Å². The van der Waals surface area contributed by atoms with E-state index in [2.05, 4.69) is 5.32 Å². The van der Waals surface area contributed by atoms with Crippen LogP contribution < -0.4 is 10.1 Å². The van der Waals surface area contributed by atoms with Crippen molar-refractivity contribution in [3.8, 4) is 5.75 Å². The highest BCUT2D eigenvalue weighted by molar-refractivity contribution is 7.10.